The molecule has 152 valence electrons. The number of aromatic nitrogens is 2. The number of halogens is 3. The number of hydrogen-bond donors (Lipinski definition) is 0. The van der Waals surface area contributed by atoms with E-state index in [1.54, 1.807) is 29.7 Å². The summed E-state index contributed by atoms with van der Waals surface area (Å²) in [5.74, 6) is -1.17. The summed E-state index contributed by atoms with van der Waals surface area (Å²) in [5.41, 5.74) is 1.25. The Labute approximate surface area is 174 Å². The fraction of sp³-hybridized carbons (Fsp3) is 0.333. The van der Waals surface area contributed by atoms with Gasteiger partial charge in [0.2, 0.25) is 0 Å². The van der Waals surface area contributed by atoms with Crippen LogP contribution in [0, 0.1) is 11.6 Å². The molecule has 1 aliphatic heterocycles. The van der Waals surface area contributed by atoms with Crippen molar-refractivity contribution in [2.24, 2.45) is 0 Å². The van der Waals surface area contributed by atoms with Crippen LogP contribution < -0.4 is 0 Å². The first-order valence-corrected chi connectivity index (χ1v) is 10.2. The lowest BCUT2D eigenvalue weighted by Crippen LogP contribution is -2.32. The second kappa shape index (κ2) is 8.20. The highest BCUT2D eigenvalue weighted by molar-refractivity contribution is 9.10. The van der Waals surface area contributed by atoms with Crippen LogP contribution >= 0.6 is 15.9 Å². The van der Waals surface area contributed by atoms with Gasteiger partial charge in [0.05, 0.1) is 34.8 Å². The molecule has 0 saturated carbocycles. The number of rotatable bonds is 6. The third kappa shape index (κ3) is 3.91. The van der Waals surface area contributed by atoms with Crippen molar-refractivity contribution in [3.8, 4) is 0 Å². The van der Waals surface area contributed by atoms with Gasteiger partial charge in [-0.2, -0.15) is 0 Å². The Bertz CT molecular complexity index is 1080. The molecule has 1 saturated heterocycles. The minimum atomic E-state index is -0.712. The minimum Gasteiger partial charge on any atom is -0.462 e. The number of fused-ring (bicyclic) bond motifs is 1. The summed E-state index contributed by atoms with van der Waals surface area (Å²) in [6.45, 7) is 2.91. The van der Waals surface area contributed by atoms with Crippen LogP contribution in [-0.2, 0) is 22.4 Å². The van der Waals surface area contributed by atoms with Crippen LogP contribution in [0.3, 0.4) is 0 Å². The van der Waals surface area contributed by atoms with Gasteiger partial charge in [-0.1, -0.05) is 6.07 Å². The Balaban J connectivity index is 1.80. The Kier molecular flexibility index (Phi) is 5.65. The maximum atomic E-state index is 15.3. The Morgan fingerprint density at radius 2 is 2.14 bits per heavy atom. The molecule has 0 N–H and O–H groups in total. The Hall–Kier alpha value is -2.32. The van der Waals surface area contributed by atoms with E-state index in [2.05, 4.69) is 20.9 Å². The molecule has 0 aliphatic carbocycles. The van der Waals surface area contributed by atoms with Crippen LogP contribution in [0.25, 0.3) is 11.0 Å². The SMILES string of the molecule is CCOC(=O)c1ccc2nc(Cc3ccc(Br)c(F)c3)n(CC3CCO3)c2c1F. The molecule has 1 unspecified atom stereocenters. The number of benzene rings is 2. The number of hydrogen-bond acceptors (Lipinski definition) is 4. The maximum Gasteiger partial charge on any atom is 0.341 e. The molecule has 0 spiro atoms. The number of imidazole rings is 1. The highest BCUT2D eigenvalue weighted by Gasteiger charge is 2.25. The van der Waals surface area contributed by atoms with Gasteiger partial charge < -0.3 is 14.0 Å². The van der Waals surface area contributed by atoms with Crippen molar-refractivity contribution in [1.29, 1.82) is 0 Å². The standard InChI is InChI=1S/C21H19BrF2N2O3/c1-2-28-21(27)14-4-6-17-20(19(14)24)26(11-13-7-8-29-13)18(25-17)10-12-3-5-15(22)16(23)9-12/h3-6,9,13H,2,7-8,10-11H2,1H3. The molecule has 29 heavy (non-hydrogen) atoms. The van der Waals surface area contributed by atoms with E-state index in [0.717, 1.165) is 6.42 Å². The molecule has 1 aromatic heterocycles. The fourth-order valence-electron chi connectivity index (χ4n) is 3.39. The van der Waals surface area contributed by atoms with Gasteiger partial charge in [0.25, 0.3) is 0 Å². The van der Waals surface area contributed by atoms with E-state index in [0.29, 0.717) is 40.9 Å². The quantitative estimate of drug-likeness (QED) is 0.499. The molecule has 1 fully saturated rings. The van der Waals surface area contributed by atoms with Gasteiger partial charge >= 0.3 is 5.97 Å². The van der Waals surface area contributed by atoms with E-state index in [1.165, 1.54) is 12.1 Å². The van der Waals surface area contributed by atoms with Gasteiger partial charge in [-0.3, -0.25) is 0 Å². The summed E-state index contributed by atoms with van der Waals surface area (Å²) in [4.78, 5) is 16.7. The monoisotopic (exact) mass is 464 g/mol. The molecule has 2 aromatic carbocycles. The van der Waals surface area contributed by atoms with Crippen molar-refractivity contribution >= 4 is 32.9 Å². The van der Waals surface area contributed by atoms with E-state index in [9.17, 15) is 9.18 Å². The predicted molar refractivity (Wildman–Crippen MR) is 107 cm³/mol. The second-order valence-electron chi connectivity index (χ2n) is 6.86. The first-order chi connectivity index (χ1) is 14.0. The normalized spacial score (nSPS) is 16.1. The van der Waals surface area contributed by atoms with Crippen molar-refractivity contribution in [3.63, 3.8) is 0 Å². The number of esters is 1. The van der Waals surface area contributed by atoms with Gasteiger partial charge in [-0.25, -0.2) is 18.6 Å². The second-order valence-corrected chi connectivity index (χ2v) is 7.71. The van der Waals surface area contributed by atoms with Crippen molar-refractivity contribution in [2.45, 2.75) is 32.4 Å². The number of ether oxygens (including phenoxy) is 2. The van der Waals surface area contributed by atoms with Crippen molar-refractivity contribution in [2.75, 3.05) is 13.2 Å². The number of carbonyl (C=O) groups excluding carboxylic acids is 1. The molecule has 0 bridgehead atoms. The summed E-state index contributed by atoms with van der Waals surface area (Å²) >= 11 is 3.15. The fourth-order valence-corrected chi connectivity index (χ4v) is 3.64. The number of nitrogens with zero attached hydrogens (tertiary/aromatic N) is 2. The molecule has 8 heteroatoms. The van der Waals surface area contributed by atoms with Crippen LogP contribution in [-0.4, -0.2) is 34.8 Å². The largest absolute Gasteiger partial charge is 0.462 e. The molecule has 2 heterocycles. The third-order valence-corrected chi connectivity index (χ3v) is 5.59. The average molecular weight is 465 g/mol. The molecule has 1 atom stereocenters. The van der Waals surface area contributed by atoms with Crippen LogP contribution in [0.4, 0.5) is 8.78 Å². The van der Waals surface area contributed by atoms with E-state index in [1.807, 2.05) is 0 Å². The lowest BCUT2D eigenvalue weighted by molar-refractivity contribution is -0.0590. The smallest absolute Gasteiger partial charge is 0.341 e. The Morgan fingerprint density at radius 1 is 1.34 bits per heavy atom. The van der Waals surface area contributed by atoms with Crippen molar-refractivity contribution in [1.82, 2.24) is 9.55 Å². The Morgan fingerprint density at radius 3 is 2.79 bits per heavy atom. The molecule has 1 aliphatic rings. The molecular formula is C21H19BrF2N2O3. The highest BCUT2D eigenvalue weighted by atomic mass is 79.9. The van der Waals surface area contributed by atoms with Gasteiger partial charge in [-0.05, 0) is 59.1 Å². The zero-order chi connectivity index (χ0) is 20.5. The summed E-state index contributed by atoms with van der Waals surface area (Å²) in [5, 5.41) is 0. The van der Waals surface area contributed by atoms with E-state index < -0.39 is 11.8 Å². The zero-order valence-corrected chi connectivity index (χ0v) is 17.3. The lowest BCUT2D eigenvalue weighted by atomic mass is 10.1. The van der Waals surface area contributed by atoms with Crippen LogP contribution in [0.2, 0.25) is 0 Å². The average Bonchev–Trinajstić information content (AvgIpc) is 2.99. The van der Waals surface area contributed by atoms with Gasteiger partial charge in [-0.15, -0.1) is 0 Å². The van der Waals surface area contributed by atoms with Gasteiger partial charge in [0.1, 0.15) is 17.2 Å². The predicted octanol–water partition coefficient (Wildman–Crippen LogP) is 4.63. The highest BCUT2D eigenvalue weighted by Crippen LogP contribution is 2.27. The summed E-state index contributed by atoms with van der Waals surface area (Å²) in [6.07, 6.45) is 1.14. The maximum absolute atomic E-state index is 15.3. The molecule has 3 aromatic rings. The zero-order valence-electron chi connectivity index (χ0n) is 15.8. The molecule has 0 amide bonds. The van der Waals surface area contributed by atoms with Crippen LogP contribution in [0.15, 0.2) is 34.8 Å². The summed E-state index contributed by atoms with van der Waals surface area (Å²) in [6, 6.07) is 7.83. The van der Waals surface area contributed by atoms with Gasteiger partial charge in [0.15, 0.2) is 5.82 Å². The molecular weight excluding hydrogens is 446 g/mol. The van der Waals surface area contributed by atoms with E-state index >= 15 is 4.39 Å². The van der Waals surface area contributed by atoms with Crippen molar-refractivity contribution < 1.29 is 23.0 Å². The first kappa shape index (κ1) is 20.0. The third-order valence-electron chi connectivity index (χ3n) is 4.95. The van der Waals surface area contributed by atoms with Crippen molar-refractivity contribution in [3.05, 3.63) is 63.4 Å². The summed E-state index contributed by atoms with van der Waals surface area (Å²) in [7, 11) is 0. The van der Waals surface area contributed by atoms with Gasteiger partial charge in [0, 0.05) is 13.0 Å². The molecule has 0 radical (unpaired) electrons. The van der Waals surface area contributed by atoms with Crippen LogP contribution in [0.1, 0.15) is 35.1 Å². The van der Waals surface area contributed by atoms with E-state index in [4.69, 9.17) is 9.47 Å². The van der Waals surface area contributed by atoms with E-state index in [-0.39, 0.29) is 29.6 Å². The summed E-state index contributed by atoms with van der Waals surface area (Å²) < 4.78 is 41.8. The minimum absolute atomic E-state index is 0.0431. The lowest BCUT2D eigenvalue weighted by Gasteiger charge is -2.27. The topological polar surface area (TPSA) is 53.3 Å². The number of carbonyl (C=O) groups is 1. The first-order valence-electron chi connectivity index (χ1n) is 9.38. The molecule has 4 rings (SSSR count). The van der Waals surface area contributed by atoms with Crippen LogP contribution in [0.5, 0.6) is 0 Å². The molecule has 5 nitrogen and oxygen atoms in total.